The van der Waals surface area contributed by atoms with Crippen molar-refractivity contribution in [1.82, 2.24) is 15.2 Å². The van der Waals surface area contributed by atoms with Crippen molar-refractivity contribution in [2.45, 2.75) is 19.9 Å². The molecule has 3 heterocycles. The third-order valence-corrected chi connectivity index (χ3v) is 4.05. The number of nitrogens with one attached hydrogen (secondary N) is 2. The van der Waals surface area contributed by atoms with E-state index in [0.29, 0.717) is 37.6 Å². The maximum absolute atomic E-state index is 12.3. The Balaban J connectivity index is 1.53. The van der Waals surface area contributed by atoms with Gasteiger partial charge in [-0.3, -0.25) is 4.79 Å². The van der Waals surface area contributed by atoms with E-state index in [1.165, 1.54) is 6.26 Å². The van der Waals surface area contributed by atoms with Gasteiger partial charge in [-0.1, -0.05) is 0 Å². The van der Waals surface area contributed by atoms with Crippen molar-refractivity contribution in [3.05, 3.63) is 42.5 Å². The molecule has 1 fully saturated rings. The summed E-state index contributed by atoms with van der Waals surface area (Å²) in [6.07, 6.45) is 3.14. The van der Waals surface area contributed by atoms with Gasteiger partial charge in [-0.05, 0) is 38.1 Å². The third-order valence-electron chi connectivity index (χ3n) is 4.05. The fourth-order valence-corrected chi connectivity index (χ4v) is 2.77. The molecular weight excluding hydrogens is 334 g/mol. The molecule has 1 aliphatic heterocycles. The van der Waals surface area contributed by atoms with Gasteiger partial charge in [0.2, 0.25) is 0 Å². The van der Waals surface area contributed by atoms with E-state index < -0.39 is 0 Å². The van der Waals surface area contributed by atoms with Gasteiger partial charge in [0.15, 0.2) is 5.76 Å². The average molecular weight is 357 g/mol. The standard InChI is InChI=1S/C18H23N5O3/c1-13(2)20-18(25)21-14-5-6-16(19-12-14)22-7-9-23(10-8-22)17(24)15-4-3-11-26-15/h3-6,11-13H,7-10H2,1-2H3,(H2,20,21,25). The van der Waals surface area contributed by atoms with Gasteiger partial charge in [0, 0.05) is 32.2 Å². The maximum Gasteiger partial charge on any atom is 0.319 e. The molecule has 0 spiro atoms. The minimum atomic E-state index is -0.250. The zero-order chi connectivity index (χ0) is 18.5. The molecule has 1 saturated heterocycles. The molecular formula is C18H23N5O3. The van der Waals surface area contributed by atoms with Crippen LogP contribution in [-0.2, 0) is 0 Å². The molecule has 2 aromatic rings. The van der Waals surface area contributed by atoms with E-state index in [2.05, 4.69) is 20.5 Å². The van der Waals surface area contributed by atoms with Crippen LogP contribution in [0.15, 0.2) is 41.1 Å². The first kappa shape index (κ1) is 17.8. The van der Waals surface area contributed by atoms with E-state index in [9.17, 15) is 9.59 Å². The molecule has 26 heavy (non-hydrogen) atoms. The molecule has 3 amide bonds. The molecule has 0 aromatic carbocycles. The number of aromatic nitrogens is 1. The van der Waals surface area contributed by atoms with Crippen molar-refractivity contribution in [3.63, 3.8) is 0 Å². The number of hydrogen-bond acceptors (Lipinski definition) is 5. The minimum Gasteiger partial charge on any atom is -0.459 e. The van der Waals surface area contributed by atoms with Crippen LogP contribution in [0, 0.1) is 0 Å². The van der Waals surface area contributed by atoms with Crippen LogP contribution in [0.4, 0.5) is 16.3 Å². The van der Waals surface area contributed by atoms with Crippen LogP contribution < -0.4 is 15.5 Å². The third kappa shape index (κ3) is 4.33. The molecule has 0 radical (unpaired) electrons. The highest BCUT2D eigenvalue weighted by atomic mass is 16.3. The Bertz CT molecular complexity index is 735. The van der Waals surface area contributed by atoms with Crippen molar-refractivity contribution in [3.8, 4) is 0 Å². The largest absolute Gasteiger partial charge is 0.459 e. The van der Waals surface area contributed by atoms with E-state index in [-0.39, 0.29) is 18.0 Å². The molecule has 2 aromatic heterocycles. The number of pyridine rings is 1. The Labute approximate surface area is 152 Å². The van der Waals surface area contributed by atoms with Crippen molar-refractivity contribution >= 4 is 23.4 Å². The highest BCUT2D eigenvalue weighted by Crippen LogP contribution is 2.17. The molecule has 2 N–H and O–H groups in total. The van der Waals surface area contributed by atoms with Crippen LogP contribution in [0.5, 0.6) is 0 Å². The van der Waals surface area contributed by atoms with Crippen LogP contribution in [0.25, 0.3) is 0 Å². The summed E-state index contributed by atoms with van der Waals surface area (Å²) in [7, 11) is 0. The summed E-state index contributed by atoms with van der Waals surface area (Å²) in [5.41, 5.74) is 0.638. The van der Waals surface area contributed by atoms with Crippen LogP contribution >= 0.6 is 0 Å². The van der Waals surface area contributed by atoms with Crippen LogP contribution in [0.2, 0.25) is 0 Å². The first-order chi connectivity index (χ1) is 12.5. The second-order valence-electron chi connectivity index (χ2n) is 6.41. The fraction of sp³-hybridized carbons (Fsp3) is 0.389. The summed E-state index contributed by atoms with van der Waals surface area (Å²) in [5, 5.41) is 5.51. The van der Waals surface area contributed by atoms with Crippen molar-refractivity contribution in [2.75, 3.05) is 36.4 Å². The molecule has 138 valence electrons. The normalized spacial score (nSPS) is 14.4. The summed E-state index contributed by atoms with van der Waals surface area (Å²) < 4.78 is 5.17. The number of furan rings is 1. The van der Waals surface area contributed by atoms with Gasteiger partial charge in [-0.25, -0.2) is 9.78 Å². The van der Waals surface area contributed by atoms with Crippen LogP contribution in [-0.4, -0.2) is 54.0 Å². The summed E-state index contributed by atoms with van der Waals surface area (Å²) in [6.45, 7) is 6.41. The lowest BCUT2D eigenvalue weighted by molar-refractivity contribution is 0.0714. The zero-order valence-corrected chi connectivity index (χ0v) is 14.9. The molecule has 0 atom stereocenters. The summed E-state index contributed by atoms with van der Waals surface area (Å²) in [5.74, 6) is 1.11. The predicted octanol–water partition coefficient (Wildman–Crippen LogP) is 2.17. The number of carbonyl (C=O) groups excluding carboxylic acids is 2. The Kier molecular flexibility index (Phi) is 5.40. The Morgan fingerprint density at radius 3 is 2.50 bits per heavy atom. The summed E-state index contributed by atoms with van der Waals surface area (Å²) in [6, 6.07) is 6.90. The number of carbonyl (C=O) groups is 2. The molecule has 3 rings (SSSR count). The lowest BCUT2D eigenvalue weighted by atomic mass is 10.2. The summed E-state index contributed by atoms with van der Waals surface area (Å²) in [4.78, 5) is 32.3. The van der Waals surface area contributed by atoms with Crippen molar-refractivity contribution < 1.29 is 14.0 Å². The quantitative estimate of drug-likeness (QED) is 0.875. The Morgan fingerprint density at radius 1 is 1.15 bits per heavy atom. The number of amides is 3. The maximum atomic E-state index is 12.3. The Morgan fingerprint density at radius 2 is 1.92 bits per heavy atom. The van der Waals surface area contributed by atoms with Gasteiger partial charge in [0.05, 0.1) is 18.1 Å². The van der Waals surface area contributed by atoms with Gasteiger partial charge in [-0.2, -0.15) is 0 Å². The first-order valence-corrected chi connectivity index (χ1v) is 8.64. The van der Waals surface area contributed by atoms with Gasteiger partial charge in [0.25, 0.3) is 5.91 Å². The molecule has 0 saturated carbocycles. The van der Waals surface area contributed by atoms with Crippen LogP contribution in [0.1, 0.15) is 24.4 Å². The second-order valence-corrected chi connectivity index (χ2v) is 6.41. The van der Waals surface area contributed by atoms with E-state index >= 15 is 0 Å². The molecule has 1 aliphatic rings. The van der Waals surface area contributed by atoms with E-state index in [1.807, 2.05) is 26.0 Å². The highest BCUT2D eigenvalue weighted by Gasteiger charge is 2.24. The molecule has 8 nitrogen and oxygen atoms in total. The van der Waals surface area contributed by atoms with Gasteiger partial charge in [-0.15, -0.1) is 0 Å². The van der Waals surface area contributed by atoms with Gasteiger partial charge in [0.1, 0.15) is 5.82 Å². The SMILES string of the molecule is CC(C)NC(=O)Nc1ccc(N2CCN(C(=O)c3ccco3)CC2)nc1. The summed E-state index contributed by atoms with van der Waals surface area (Å²) >= 11 is 0. The first-order valence-electron chi connectivity index (χ1n) is 8.64. The predicted molar refractivity (Wildman–Crippen MR) is 98.4 cm³/mol. The topological polar surface area (TPSA) is 90.7 Å². The van der Waals surface area contributed by atoms with E-state index in [0.717, 1.165) is 5.82 Å². The number of rotatable bonds is 4. The molecule has 0 bridgehead atoms. The Hall–Kier alpha value is -3.03. The van der Waals surface area contributed by atoms with E-state index in [4.69, 9.17) is 4.42 Å². The zero-order valence-electron chi connectivity index (χ0n) is 14.9. The monoisotopic (exact) mass is 357 g/mol. The van der Waals surface area contributed by atoms with Crippen molar-refractivity contribution in [1.29, 1.82) is 0 Å². The smallest absolute Gasteiger partial charge is 0.319 e. The lowest BCUT2D eigenvalue weighted by Gasteiger charge is -2.35. The van der Waals surface area contributed by atoms with Gasteiger partial charge >= 0.3 is 6.03 Å². The second kappa shape index (κ2) is 7.90. The minimum absolute atomic E-state index is 0.0717. The van der Waals surface area contributed by atoms with E-state index in [1.54, 1.807) is 23.2 Å². The fourth-order valence-electron chi connectivity index (χ4n) is 2.77. The lowest BCUT2D eigenvalue weighted by Crippen LogP contribution is -2.49. The van der Waals surface area contributed by atoms with Crippen LogP contribution in [0.3, 0.4) is 0 Å². The average Bonchev–Trinajstić information content (AvgIpc) is 3.16. The number of anilines is 2. The van der Waals surface area contributed by atoms with Gasteiger partial charge < -0.3 is 24.9 Å². The molecule has 0 aliphatic carbocycles. The van der Waals surface area contributed by atoms with Crippen molar-refractivity contribution in [2.24, 2.45) is 0 Å². The molecule has 8 heteroatoms. The molecule has 0 unspecified atom stereocenters. The number of nitrogens with zero attached hydrogens (tertiary/aromatic N) is 3. The number of urea groups is 1. The number of piperazine rings is 1. The number of hydrogen-bond donors (Lipinski definition) is 2. The highest BCUT2D eigenvalue weighted by molar-refractivity contribution is 5.91.